The molecule has 254 valence electrons. The number of anilines is 2. The summed E-state index contributed by atoms with van der Waals surface area (Å²) in [5.41, 5.74) is 3.50. The average Bonchev–Trinajstić information content (AvgIpc) is 3.48. The van der Waals surface area contributed by atoms with Crippen LogP contribution in [0.15, 0.2) is 54.6 Å². The quantitative estimate of drug-likeness (QED) is 0.189. The number of benzene rings is 2. The number of hydrogen-bond donors (Lipinski definition) is 1. The van der Waals surface area contributed by atoms with Crippen LogP contribution in [-0.2, 0) is 9.53 Å². The lowest BCUT2D eigenvalue weighted by Crippen LogP contribution is -2.42. The van der Waals surface area contributed by atoms with Gasteiger partial charge in [-0.2, -0.15) is 0 Å². The van der Waals surface area contributed by atoms with Crippen LogP contribution in [0.3, 0.4) is 0 Å². The highest BCUT2D eigenvalue weighted by Crippen LogP contribution is 2.28. The summed E-state index contributed by atoms with van der Waals surface area (Å²) in [4.78, 5) is 51.3. The highest BCUT2D eigenvalue weighted by Gasteiger charge is 2.24. The molecule has 0 spiro atoms. The van der Waals surface area contributed by atoms with Gasteiger partial charge < -0.3 is 24.3 Å². The summed E-state index contributed by atoms with van der Waals surface area (Å²) < 4.78 is 5.77. The van der Waals surface area contributed by atoms with Gasteiger partial charge in [-0.1, -0.05) is 66.3 Å². The van der Waals surface area contributed by atoms with Crippen molar-refractivity contribution in [3.05, 3.63) is 65.2 Å². The van der Waals surface area contributed by atoms with Crippen molar-refractivity contribution in [2.24, 2.45) is 0 Å². The molecule has 2 aromatic carbocycles. The molecule has 1 fully saturated rings. The number of piperidine rings is 1. The lowest BCUT2D eigenvalue weighted by atomic mass is 10.0. The van der Waals surface area contributed by atoms with Crippen LogP contribution in [-0.4, -0.2) is 104 Å². The summed E-state index contributed by atoms with van der Waals surface area (Å²) >= 11 is 1.45. The van der Waals surface area contributed by atoms with Gasteiger partial charge in [-0.25, -0.2) is 9.78 Å². The molecular formula is C36H50N6O4S. The van der Waals surface area contributed by atoms with Gasteiger partial charge in [0.2, 0.25) is 5.91 Å². The Morgan fingerprint density at radius 3 is 2.36 bits per heavy atom. The standard InChI is InChI=1S/C36H50N6O4S/c1-6-39(3)34(44)33-27(2)37-35(47-33)41(5)22-14-8-11-19-32(43)40(4)25-26-42-23-20-29(21-24-42)46-36(45)38-31-18-13-12-17-30(31)28-15-9-7-10-16-28/h7,9-10,12-13,15-18,29H,6,8,11,14,19-26H2,1-5H3,(H,38,45). The summed E-state index contributed by atoms with van der Waals surface area (Å²) in [6.07, 6.45) is 4.29. The predicted octanol–water partition coefficient (Wildman–Crippen LogP) is 6.38. The second-order valence-electron chi connectivity index (χ2n) is 12.3. The molecule has 11 heteroatoms. The molecule has 0 radical (unpaired) electrons. The van der Waals surface area contributed by atoms with Gasteiger partial charge in [-0.15, -0.1) is 0 Å². The number of hydrogen-bond acceptors (Lipinski definition) is 8. The Bertz CT molecular complexity index is 1460. The van der Waals surface area contributed by atoms with Crippen molar-refractivity contribution in [2.45, 2.75) is 58.5 Å². The summed E-state index contributed by atoms with van der Waals surface area (Å²) in [6.45, 7) is 8.49. The van der Waals surface area contributed by atoms with E-state index in [0.29, 0.717) is 24.4 Å². The summed E-state index contributed by atoms with van der Waals surface area (Å²) in [7, 11) is 5.69. The van der Waals surface area contributed by atoms with E-state index in [2.05, 4.69) is 20.1 Å². The number of amides is 3. The van der Waals surface area contributed by atoms with Crippen molar-refractivity contribution >= 4 is 40.1 Å². The molecule has 1 N–H and O–H groups in total. The molecular weight excluding hydrogens is 613 g/mol. The van der Waals surface area contributed by atoms with Gasteiger partial charge in [-0.3, -0.25) is 14.9 Å². The van der Waals surface area contributed by atoms with Crippen LogP contribution >= 0.6 is 11.3 Å². The molecule has 10 nitrogen and oxygen atoms in total. The molecule has 4 rings (SSSR count). The summed E-state index contributed by atoms with van der Waals surface area (Å²) in [6, 6.07) is 17.7. The number of likely N-dealkylation sites (tertiary alicyclic amines) is 1. The summed E-state index contributed by atoms with van der Waals surface area (Å²) in [5, 5.41) is 3.79. The maximum atomic E-state index is 12.7. The van der Waals surface area contributed by atoms with Crippen LogP contribution < -0.4 is 10.2 Å². The summed E-state index contributed by atoms with van der Waals surface area (Å²) in [5.74, 6) is 0.188. The Morgan fingerprint density at radius 2 is 1.64 bits per heavy atom. The van der Waals surface area contributed by atoms with Crippen LogP contribution in [0.2, 0.25) is 0 Å². The van der Waals surface area contributed by atoms with Crippen LogP contribution in [0, 0.1) is 6.92 Å². The first-order valence-corrected chi connectivity index (χ1v) is 17.5. The van der Waals surface area contributed by atoms with Crippen LogP contribution in [0.25, 0.3) is 11.1 Å². The van der Waals surface area contributed by atoms with E-state index in [1.54, 1.807) is 11.9 Å². The molecule has 2 heterocycles. The van der Waals surface area contributed by atoms with E-state index in [9.17, 15) is 14.4 Å². The predicted molar refractivity (Wildman–Crippen MR) is 190 cm³/mol. The van der Waals surface area contributed by atoms with E-state index in [1.165, 1.54) is 11.3 Å². The minimum atomic E-state index is -0.428. The van der Waals surface area contributed by atoms with E-state index >= 15 is 0 Å². The first-order valence-electron chi connectivity index (χ1n) is 16.7. The number of aromatic nitrogens is 1. The SMILES string of the molecule is CCN(C)C(=O)c1sc(N(C)CCCCCC(=O)N(C)CCN2CCC(OC(=O)Nc3ccccc3-c3ccccc3)CC2)nc1C. The van der Waals surface area contributed by atoms with Crippen molar-refractivity contribution in [3.63, 3.8) is 0 Å². The Hall–Kier alpha value is -3.96. The van der Waals surface area contributed by atoms with Gasteiger partial charge in [0.25, 0.3) is 5.91 Å². The smallest absolute Gasteiger partial charge is 0.411 e. The number of para-hydroxylation sites is 1. The highest BCUT2D eigenvalue weighted by molar-refractivity contribution is 7.17. The minimum Gasteiger partial charge on any atom is -0.446 e. The maximum absolute atomic E-state index is 12.7. The van der Waals surface area contributed by atoms with Crippen molar-refractivity contribution < 1.29 is 19.1 Å². The topological polar surface area (TPSA) is 98.3 Å². The van der Waals surface area contributed by atoms with Crippen molar-refractivity contribution in [1.82, 2.24) is 19.7 Å². The molecule has 3 amide bonds. The molecule has 0 unspecified atom stereocenters. The number of carbonyl (C=O) groups excluding carboxylic acids is 3. The van der Waals surface area contributed by atoms with E-state index < -0.39 is 6.09 Å². The Kier molecular flexibility index (Phi) is 13.6. The number of aryl methyl sites for hydroxylation is 1. The fourth-order valence-corrected chi connectivity index (χ4v) is 6.62. The highest BCUT2D eigenvalue weighted by atomic mass is 32.1. The van der Waals surface area contributed by atoms with Gasteiger partial charge in [0.05, 0.1) is 11.4 Å². The number of carbonyl (C=O) groups is 3. The second kappa shape index (κ2) is 17.8. The number of unbranched alkanes of at least 4 members (excludes halogenated alkanes) is 2. The van der Waals surface area contributed by atoms with Crippen molar-refractivity contribution in [2.75, 3.05) is 70.6 Å². The molecule has 0 atom stereocenters. The zero-order valence-corrected chi connectivity index (χ0v) is 29.4. The number of likely N-dealkylation sites (N-methyl/N-ethyl adjacent to an activating group) is 1. The third kappa shape index (κ3) is 10.5. The zero-order chi connectivity index (χ0) is 33.8. The first kappa shape index (κ1) is 35.9. The van der Waals surface area contributed by atoms with E-state index in [0.717, 1.165) is 85.9 Å². The Labute approximate surface area is 283 Å². The zero-order valence-electron chi connectivity index (χ0n) is 28.5. The Morgan fingerprint density at radius 1 is 0.936 bits per heavy atom. The first-order chi connectivity index (χ1) is 22.7. The van der Waals surface area contributed by atoms with Crippen LogP contribution in [0.1, 0.15) is 60.8 Å². The minimum absolute atomic E-state index is 0.0184. The van der Waals surface area contributed by atoms with Gasteiger partial charge in [0.1, 0.15) is 11.0 Å². The van der Waals surface area contributed by atoms with Crippen molar-refractivity contribution in [1.29, 1.82) is 0 Å². The lowest BCUT2D eigenvalue weighted by Gasteiger charge is -2.32. The molecule has 1 saturated heterocycles. The van der Waals surface area contributed by atoms with E-state index in [-0.39, 0.29) is 17.9 Å². The molecule has 0 aliphatic carbocycles. The molecule has 1 aliphatic heterocycles. The fraction of sp³-hybridized carbons (Fsp3) is 0.500. The third-order valence-electron chi connectivity index (χ3n) is 8.75. The average molecular weight is 663 g/mol. The number of rotatable bonds is 15. The van der Waals surface area contributed by atoms with Gasteiger partial charge >= 0.3 is 6.09 Å². The molecule has 1 aliphatic rings. The van der Waals surface area contributed by atoms with E-state index in [4.69, 9.17) is 4.74 Å². The number of nitrogens with zero attached hydrogens (tertiary/aromatic N) is 5. The van der Waals surface area contributed by atoms with Gasteiger partial charge in [0.15, 0.2) is 5.13 Å². The number of nitrogens with one attached hydrogen (secondary N) is 1. The molecule has 1 aromatic heterocycles. The maximum Gasteiger partial charge on any atom is 0.411 e. The molecule has 47 heavy (non-hydrogen) atoms. The molecule has 0 bridgehead atoms. The van der Waals surface area contributed by atoms with Crippen LogP contribution in [0.5, 0.6) is 0 Å². The monoisotopic (exact) mass is 662 g/mol. The lowest BCUT2D eigenvalue weighted by molar-refractivity contribution is -0.130. The Balaban J connectivity index is 1.08. The molecule has 3 aromatic rings. The largest absolute Gasteiger partial charge is 0.446 e. The normalized spacial score (nSPS) is 13.6. The van der Waals surface area contributed by atoms with Crippen molar-refractivity contribution in [3.8, 4) is 11.1 Å². The van der Waals surface area contributed by atoms with E-state index in [1.807, 2.05) is 87.4 Å². The van der Waals surface area contributed by atoms with Gasteiger partial charge in [0, 0.05) is 72.4 Å². The second-order valence-corrected chi connectivity index (χ2v) is 13.2. The number of thiazole rings is 1. The molecule has 0 saturated carbocycles. The third-order valence-corrected chi connectivity index (χ3v) is 10.0. The fourth-order valence-electron chi connectivity index (χ4n) is 5.57. The van der Waals surface area contributed by atoms with Gasteiger partial charge in [-0.05, 0) is 51.2 Å². The van der Waals surface area contributed by atoms with Crippen LogP contribution in [0.4, 0.5) is 15.6 Å². The number of ether oxygens (including phenoxy) is 1.